The van der Waals surface area contributed by atoms with Gasteiger partial charge in [0.05, 0.1) is 0 Å². The van der Waals surface area contributed by atoms with E-state index >= 15 is 0 Å². The fourth-order valence-corrected chi connectivity index (χ4v) is 1.32. The lowest BCUT2D eigenvalue weighted by Gasteiger charge is -2.16. The van der Waals surface area contributed by atoms with Crippen molar-refractivity contribution in [2.24, 2.45) is 0 Å². The van der Waals surface area contributed by atoms with Crippen LogP contribution in [0.5, 0.6) is 0 Å². The van der Waals surface area contributed by atoms with Crippen LogP contribution >= 0.6 is 0 Å². The van der Waals surface area contributed by atoms with E-state index in [0.29, 0.717) is 0 Å². The minimum absolute atomic E-state index is 0.146. The van der Waals surface area contributed by atoms with E-state index in [9.17, 15) is 4.39 Å². The summed E-state index contributed by atoms with van der Waals surface area (Å²) in [5.74, 6) is -0.146. The van der Waals surface area contributed by atoms with Gasteiger partial charge in [-0.15, -0.1) is 0 Å². The molecule has 0 bridgehead atoms. The van der Waals surface area contributed by atoms with Crippen LogP contribution in [0.4, 0.5) is 10.1 Å². The Morgan fingerprint density at radius 3 is 3.18 bits per heavy atom. The lowest BCUT2D eigenvalue weighted by Crippen LogP contribution is -2.06. The maximum atomic E-state index is 12.7. The van der Waals surface area contributed by atoms with Gasteiger partial charge in [0, 0.05) is 12.2 Å². The van der Waals surface area contributed by atoms with Crippen molar-refractivity contribution in [2.75, 3.05) is 5.32 Å². The van der Waals surface area contributed by atoms with E-state index in [1.165, 1.54) is 6.07 Å². The Morgan fingerprint density at radius 2 is 2.27 bits per heavy atom. The van der Waals surface area contributed by atoms with Gasteiger partial charge in [0.15, 0.2) is 0 Å². The van der Waals surface area contributed by atoms with Crippen molar-refractivity contribution in [3.63, 3.8) is 0 Å². The molecule has 1 aromatic rings. The minimum Gasteiger partial charge on any atom is -0.380 e. The van der Waals surface area contributed by atoms with Crippen LogP contribution in [0.2, 0.25) is 0 Å². The lowest BCUT2D eigenvalue weighted by atomic mass is 10.0. The molecule has 1 N–H and O–H groups in total. The lowest BCUT2D eigenvalue weighted by molar-refractivity contribution is 0.624. The molecule has 0 aliphatic carbocycles. The van der Waals surface area contributed by atoms with Crippen LogP contribution in [-0.4, -0.2) is 0 Å². The molecule has 0 fully saturated rings. The Balaban J connectivity index is 2.43. The normalized spacial score (nSPS) is 15.4. The zero-order chi connectivity index (χ0) is 7.68. The first-order chi connectivity index (χ1) is 5.36. The molecule has 0 saturated carbocycles. The zero-order valence-electron chi connectivity index (χ0n) is 6.10. The van der Waals surface area contributed by atoms with E-state index < -0.39 is 0 Å². The SMILES string of the molecule is Fc1ccc2c(c1)CC[CH]N2. The van der Waals surface area contributed by atoms with E-state index in [0.717, 1.165) is 24.1 Å². The van der Waals surface area contributed by atoms with Crippen LogP contribution < -0.4 is 5.32 Å². The van der Waals surface area contributed by atoms with Crippen molar-refractivity contribution < 1.29 is 4.39 Å². The molecule has 11 heavy (non-hydrogen) atoms. The molecular formula is C9H9FN. The maximum absolute atomic E-state index is 12.7. The van der Waals surface area contributed by atoms with Gasteiger partial charge in [-0.25, -0.2) is 4.39 Å². The molecule has 0 amide bonds. The minimum atomic E-state index is -0.146. The van der Waals surface area contributed by atoms with Crippen LogP contribution in [-0.2, 0) is 6.42 Å². The number of benzene rings is 1. The molecule has 1 aromatic carbocycles. The smallest absolute Gasteiger partial charge is 0.123 e. The molecule has 2 rings (SSSR count). The van der Waals surface area contributed by atoms with E-state index in [-0.39, 0.29) is 5.82 Å². The number of fused-ring (bicyclic) bond motifs is 1. The summed E-state index contributed by atoms with van der Waals surface area (Å²) in [5.41, 5.74) is 2.12. The standard InChI is InChI=1S/C9H9FN/c10-8-3-4-9-7(6-8)2-1-5-11-9/h3-6,11H,1-2H2. The van der Waals surface area contributed by atoms with Crippen molar-refractivity contribution in [3.8, 4) is 0 Å². The molecule has 0 unspecified atom stereocenters. The van der Waals surface area contributed by atoms with Gasteiger partial charge in [0.2, 0.25) is 0 Å². The second-order valence-corrected chi connectivity index (χ2v) is 2.69. The summed E-state index contributed by atoms with van der Waals surface area (Å²) in [7, 11) is 0. The number of nitrogens with one attached hydrogen (secondary N) is 1. The molecular weight excluding hydrogens is 141 g/mol. The number of aryl methyl sites for hydroxylation is 1. The van der Waals surface area contributed by atoms with Gasteiger partial charge in [0.25, 0.3) is 0 Å². The van der Waals surface area contributed by atoms with Gasteiger partial charge in [-0.3, -0.25) is 0 Å². The Morgan fingerprint density at radius 1 is 1.36 bits per heavy atom. The van der Waals surface area contributed by atoms with E-state index in [1.807, 2.05) is 6.54 Å². The van der Waals surface area contributed by atoms with E-state index in [2.05, 4.69) is 5.32 Å². The first-order valence-corrected chi connectivity index (χ1v) is 3.73. The molecule has 0 aromatic heterocycles. The second kappa shape index (κ2) is 2.53. The number of hydrogen-bond acceptors (Lipinski definition) is 1. The third-order valence-corrected chi connectivity index (χ3v) is 1.88. The highest BCUT2D eigenvalue weighted by Crippen LogP contribution is 2.23. The van der Waals surface area contributed by atoms with E-state index in [1.54, 1.807) is 12.1 Å². The van der Waals surface area contributed by atoms with Crippen LogP contribution in [0, 0.1) is 12.4 Å². The number of halogens is 1. The first-order valence-electron chi connectivity index (χ1n) is 3.73. The molecule has 2 heteroatoms. The van der Waals surface area contributed by atoms with Crippen LogP contribution in [0.15, 0.2) is 18.2 Å². The van der Waals surface area contributed by atoms with Gasteiger partial charge in [0.1, 0.15) is 5.82 Å². The molecule has 1 aliphatic rings. The summed E-state index contributed by atoms with van der Waals surface area (Å²) < 4.78 is 12.7. The number of rotatable bonds is 0. The third-order valence-electron chi connectivity index (χ3n) is 1.88. The highest BCUT2D eigenvalue weighted by Gasteiger charge is 2.08. The van der Waals surface area contributed by atoms with Crippen molar-refractivity contribution >= 4 is 5.69 Å². The van der Waals surface area contributed by atoms with Crippen molar-refractivity contribution in [3.05, 3.63) is 36.1 Å². The molecule has 0 atom stereocenters. The zero-order valence-corrected chi connectivity index (χ0v) is 6.10. The highest BCUT2D eigenvalue weighted by molar-refractivity contribution is 5.54. The fraction of sp³-hybridized carbons (Fsp3) is 0.222. The summed E-state index contributed by atoms with van der Waals surface area (Å²) in [6.45, 7) is 2.00. The van der Waals surface area contributed by atoms with Crippen molar-refractivity contribution in [1.82, 2.24) is 0 Å². The molecule has 0 spiro atoms. The van der Waals surface area contributed by atoms with Gasteiger partial charge < -0.3 is 5.32 Å². The van der Waals surface area contributed by atoms with Crippen molar-refractivity contribution in [2.45, 2.75) is 12.8 Å². The summed E-state index contributed by atoms with van der Waals surface area (Å²) in [6.07, 6.45) is 1.93. The Hall–Kier alpha value is -1.05. The predicted molar refractivity (Wildman–Crippen MR) is 42.6 cm³/mol. The fourth-order valence-electron chi connectivity index (χ4n) is 1.32. The van der Waals surface area contributed by atoms with Gasteiger partial charge in [-0.05, 0) is 36.6 Å². The molecule has 57 valence electrons. The summed E-state index contributed by atoms with van der Waals surface area (Å²) in [4.78, 5) is 0. The largest absolute Gasteiger partial charge is 0.380 e. The van der Waals surface area contributed by atoms with Crippen LogP contribution in [0.1, 0.15) is 12.0 Å². The van der Waals surface area contributed by atoms with Crippen LogP contribution in [0.3, 0.4) is 0 Å². The van der Waals surface area contributed by atoms with Gasteiger partial charge in [-0.2, -0.15) is 0 Å². The predicted octanol–water partition coefficient (Wildman–Crippen LogP) is 2.35. The highest BCUT2D eigenvalue weighted by atomic mass is 19.1. The Kier molecular flexibility index (Phi) is 1.53. The second-order valence-electron chi connectivity index (χ2n) is 2.69. The number of hydrogen-bond donors (Lipinski definition) is 1. The molecule has 1 radical (unpaired) electrons. The topological polar surface area (TPSA) is 12.0 Å². The Bertz CT molecular complexity index is 270. The maximum Gasteiger partial charge on any atom is 0.123 e. The summed E-state index contributed by atoms with van der Waals surface area (Å²) >= 11 is 0. The Labute approximate surface area is 65.2 Å². The average molecular weight is 150 g/mol. The quantitative estimate of drug-likeness (QED) is 0.598. The summed E-state index contributed by atoms with van der Waals surface area (Å²) in [6, 6.07) is 4.85. The van der Waals surface area contributed by atoms with Crippen molar-refractivity contribution in [1.29, 1.82) is 0 Å². The molecule has 1 nitrogen and oxygen atoms in total. The molecule has 1 heterocycles. The third kappa shape index (κ3) is 1.20. The van der Waals surface area contributed by atoms with Gasteiger partial charge >= 0.3 is 0 Å². The molecule has 0 saturated heterocycles. The summed E-state index contributed by atoms with van der Waals surface area (Å²) in [5, 5.41) is 3.10. The monoisotopic (exact) mass is 150 g/mol. The van der Waals surface area contributed by atoms with Gasteiger partial charge in [-0.1, -0.05) is 0 Å². The average Bonchev–Trinajstić information content (AvgIpc) is 2.04. The molecule has 1 aliphatic heterocycles. The first kappa shape index (κ1) is 6.65. The van der Waals surface area contributed by atoms with Crippen LogP contribution in [0.25, 0.3) is 0 Å². The van der Waals surface area contributed by atoms with E-state index in [4.69, 9.17) is 0 Å². The number of anilines is 1.